The lowest BCUT2D eigenvalue weighted by atomic mass is 9.65. The maximum absolute atomic E-state index is 13.4. The van der Waals surface area contributed by atoms with E-state index >= 15 is 0 Å². The van der Waals surface area contributed by atoms with E-state index in [0.717, 1.165) is 81.3 Å². The van der Waals surface area contributed by atoms with E-state index in [2.05, 4.69) is 40.9 Å². The normalized spacial score (nSPS) is 30.8. The smallest absolute Gasteiger partial charge is 0.263 e. The van der Waals surface area contributed by atoms with Crippen molar-refractivity contribution in [3.05, 3.63) is 58.1 Å². The Morgan fingerprint density at radius 3 is 2.42 bits per heavy atom. The molecule has 3 fully saturated rings. The topological polar surface area (TPSA) is 89.1 Å². The molecule has 7 atom stereocenters. The van der Waals surface area contributed by atoms with E-state index in [1.165, 1.54) is 49.9 Å². The van der Waals surface area contributed by atoms with Crippen molar-refractivity contribution >= 4 is 34.2 Å². The number of nitrogens with zero attached hydrogens (tertiary/aromatic N) is 1. The van der Waals surface area contributed by atoms with Crippen LogP contribution < -0.4 is 19.7 Å². The molecule has 7 unspecified atom stereocenters. The van der Waals surface area contributed by atoms with Crippen molar-refractivity contribution in [1.29, 1.82) is 0 Å². The number of rotatable bonds is 4. The quantitative estimate of drug-likeness (QED) is 0.335. The Hall–Kier alpha value is -2.17. The predicted octanol–water partition coefficient (Wildman–Crippen LogP) is 7.65. The number of hydrogen-bond acceptors (Lipinski definition) is 7. The fraction of sp³-hybridized carbons (Fsp3) is 0.675. The van der Waals surface area contributed by atoms with Gasteiger partial charge in [0.1, 0.15) is 16.7 Å². The monoisotopic (exact) mass is 727 g/mol. The molecular weight excluding hydrogens is 670 g/mol. The van der Waals surface area contributed by atoms with Crippen molar-refractivity contribution in [2.45, 2.75) is 102 Å². The molecule has 2 aromatic carbocycles. The number of hydrogen-bond donors (Lipinski definition) is 2. The van der Waals surface area contributed by atoms with Crippen LogP contribution in [-0.4, -0.2) is 67.7 Å². The van der Waals surface area contributed by atoms with E-state index in [0.29, 0.717) is 29.9 Å². The van der Waals surface area contributed by atoms with Gasteiger partial charge in [0, 0.05) is 35.5 Å². The van der Waals surface area contributed by atoms with E-state index in [9.17, 15) is 9.00 Å². The second-order valence-electron chi connectivity index (χ2n) is 15.1. The summed E-state index contributed by atoms with van der Waals surface area (Å²) >= 11 is 6.45. The van der Waals surface area contributed by atoms with Crippen LogP contribution in [0.25, 0.3) is 0 Å². The Morgan fingerprint density at radius 2 is 1.72 bits per heavy atom. The lowest BCUT2D eigenvalue weighted by Crippen LogP contribution is -2.47. The molecule has 2 aromatic rings. The Bertz CT molecular complexity index is 1440. The van der Waals surface area contributed by atoms with Gasteiger partial charge in [0.2, 0.25) is 0 Å². The van der Waals surface area contributed by atoms with Gasteiger partial charge < -0.3 is 24.4 Å². The number of aryl methyl sites for hydroxylation is 1. The molecule has 2 bridgehead atoms. The molecule has 1 saturated carbocycles. The van der Waals surface area contributed by atoms with Crippen LogP contribution in [0.3, 0.4) is 0 Å². The van der Waals surface area contributed by atoms with Crippen LogP contribution in [0.15, 0.2) is 36.4 Å². The Kier molecular flexibility index (Phi) is 13.6. The first-order valence-corrected chi connectivity index (χ1v) is 20.9. The van der Waals surface area contributed by atoms with Crippen molar-refractivity contribution < 1.29 is 23.2 Å². The number of nitrogens with one attached hydrogen (secondary N) is 2. The molecule has 276 valence electrons. The number of carbonyl (C=O) groups is 1. The van der Waals surface area contributed by atoms with E-state index in [1.807, 2.05) is 25.1 Å². The molecule has 2 N–H and O–H groups in total. The molecular formula is C40H58ClN3O5S. The van der Waals surface area contributed by atoms with Gasteiger partial charge in [0.25, 0.3) is 5.91 Å². The van der Waals surface area contributed by atoms with E-state index in [1.54, 1.807) is 6.07 Å². The highest BCUT2D eigenvalue weighted by Gasteiger charge is 2.43. The first kappa shape index (κ1) is 37.6. The number of amides is 1. The zero-order valence-electron chi connectivity index (χ0n) is 30.3. The first-order valence-electron chi connectivity index (χ1n) is 19.3. The second kappa shape index (κ2) is 18.0. The predicted molar refractivity (Wildman–Crippen MR) is 203 cm³/mol. The van der Waals surface area contributed by atoms with Gasteiger partial charge in [0.15, 0.2) is 6.29 Å². The van der Waals surface area contributed by atoms with Crippen molar-refractivity contribution in [2.75, 3.05) is 50.9 Å². The highest BCUT2D eigenvalue weighted by atomic mass is 35.5. The summed E-state index contributed by atoms with van der Waals surface area (Å²) < 4.78 is 35.1. The van der Waals surface area contributed by atoms with Crippen LogP contribution in [0.1, 0.15) is 106 Å². The van der Waals surface area contributed by atoms with E-state index < -0.39 is 11.0 Å². The molecule has 5 aliphatic rings. The Balaban J connectivity index is 0.000000794. The molecule has 0 aromatic heterocycles. The zero-order valence-corrected chi connectivity index (χ0v) is 31.9. The minimum atomic E-state index is -1.49. The summed E-state index contributed by atoms with van der Waals surface area (Å²) in [7, 11) is -1.49. The van der Waals surface area contributed by atoms with Gasteiger partial charge in [-0.05, 0) is 131 Å². The zero-order chi connectivity index (χ0) is 35.0. The molecule has 4 aliphatic heterocycles. The van der Waals surface area contributed by atoms with Crippen LogP contribution in [0.2, 0.25) is 5.02 Å². The summed E-state index contributed by atoms with van der Waals surface area (Å²) in [6, 6.07) is 11.9. The number of ether oxygens (including phenoxy) is 3. The van der Waals surface area contributed by atoms with Gasteiger partial charge >= 0.3 is 0 Å². The average Bonchev–Trinajstić information content (AvgIpc) is 3.66. The molecule has 1 amide bonds. The maximum Gasteiger partial charge on any atom is 0.263 e. The van der Waals surface area contributed by atoms with Crippen molar-refractivity contribution in [2.24, 2.45) is 23.7 Å². The van der Waals surface area contributed by atoms with Gasteiger partial charge in [-0.1, -0.05) is 44.4 Å². The van der Waals surface area contributed by atoms with Gasteiger partial charge in [-0.15, -0.1) is 0 Å². The fourth-order valence-electron chi connectivity index (χ4n) is 8.42. The van der Waals surface area contributed by atoms with Crippen LogP contribution in [0, 0.1) is 23.7 Å². The number of halogens is 1. The van der Waals surface area contributed by atoms with E-state index in [4.69, 9.17) is 25.8 Å². The molecule has 2 saturated heterocycles. The lowest BCUT2D eigenvalue weighted by Gasteiger charge is -2.47. The van der Waals surface area contributed by atoms with Crippen LogP contribution >= 0.6 is 11.6 Å². The third-order valence-corrected chi connectivity index (χ3v) is 13.4. The number of fused-ring (bicyclic) bond motifs is 2. The summed E-state index contributed by atoms with van der Waals surface area (Å²) in [5, 5.41) is 3.83. The average molecular weight is 728 g/mol. The van der Waals surface area contributed by atoms with Crippen LogP contribution in [0.4, 0.5) is 5.69 Å². The number of anilines is 1. The van der Waals surface area contributed by atoms with Gasteiger partial charge in [0.05, 0.1) is 30.8 Å². The summed E-state index contributed by atoms with van der Waals surface area (Å²) in [6.45, 7) is 12.5. The molecule has 1 aliphatic carbocycles. The molecule has 4 heterocycles. The second-order valence-corrected chi connectivity index (χ2v) is 17.1. The minimum absolute atomic E-state index is 0.147. The minimum Gasteiger partial charge on any atom is -0.491 e. The molecule has 50 heavy (non-hydrogen) atoms. The highest BCUT2D eigenvalue weighted by molar-refractivity contribution is 7.84. The van der Waals surface area contributed by atoms with Gasteiger partial charge in [-0.25, -0.2) is 4.21 Å². The molecule has 7 rings (SSSR count). The number of benzene rings is 2. The third-order valence-electron chi connectivity index (χ3n) is 11.7. The highest BCUT2D eigenvalue weighted by Crippen LogP contribution is 2.47. The Morgan fingerprint density at radius 1 is 0.920 bits per heavy atom. The summed E-state index contributed by atoms with van der Waals surface area (Å²) in [5.41, 5.74) is 4.00. The summed E-state index contributed by atoms with van der Waals surface area (Å²) in [5.74, 6) is 2.17. The third kappa shape index (κ3) is 9.24. The van der Waals surface area contributed by atoms with Crippen molar-refractivity contribution in [3.8, 4) is 5.75 Å². The number of carbonyl (C=O) groups excluding carboxylic acids is 1. The van der Waals surface area contributed by atoms with Crippen LogP contribution in [0.5, 0.6) is 5.75 Å². The maximum atomic E-state index is 13.4. The lowest BCUT2D eigenvalue weighted by molar-refractivity contribution is -0.224. The van der Waals surface area contributed by atoms with E-state index in [-0.39, 0.29) is 29.3 Å². The van der Waals surface area contributed by atoms with Gasteiger partial charge in [-0.2, -0.15) is 0 Å². The largest absolute Gasteiger partial charge is 0.491 e. The molecule has 0 spiro atoms. The summed E-state index contributed by atoms with van der Waals surface area (Å²) in [4.78, 5) is 15.9. The standard InChI is InChI=1S/C36H49ClN2O5S.C4H9N/c1-4-7-25-18-29(37)12-14-30(25)28-21-39-20-27-10-13-31(27)32(36-42-16-6-17-43-36)9-5-8-23(2)24(3)45(41)38-35(40)26-11-15-34(44-22-28)33(39)19-26;1-2-4-5-3-1/h11-12,14-15,18-19,23-24,27-28,31-32,36H,4-10,13,16-17,20-22H2,1-3H3,(H,38,40);5H,1-4H2. The molecule has 8 nitrogen and oxygen atoms in total. The molecule has 10 heteroatoms. The van der Waals surface area contributed by atoms with Crippen molar-refractivity contribution in [1.82, 2.24) is 10.0 Å². The molecule has 0 radical (unpaired) electrons. The summed E-state index contributed by atoms with van der Waals surface area (Å²) in [6.07, 6.45) is 10.9. The first-order chi connectivity index (χ1) is 24.3. The Labute approximate surface area is 307 Å². The van der Waals surface area contributed by atoms with Crippen molar-refractivity contribution in [3.63, 3.8) is 0 Å². The van der Waals surface area contributed by atoms with Crippen LogP contribution in [-0.2, 0) is 26.9 Å². The van der Waals surface area contributed by atoms with Gasteiger partial charge in [-0.3, -0.25) is 9.52 Å². The SMILES string of the molecule is C1CCNC1.CCCc1cc(Cl)ccc1C1COc2ccc3cc2N(C1)CC1CCC1C(C1OCCCO1)CCCC(C)C(C)S(=O)NC3=O. The fourth-order valence-corrected chi connectivity index (χ4v) is 9.66.